The maximum absolute atomic E-state index is 6.64. The van der Waals surface area contributed by atoms with E-state index in [1.165, 1.54) is 142 Å². The highest BCUT2D eigenvalue weighted by atomic mass is 32.2. The molecular weight excluding hydrogens is 761 g/mol. The Kier molecular flexibility index (Phi) is 44.5. The summed E-state index contributed by atoms with van der Waals surface area (Å²) in [6, 6.07) is 0. The van der Waals surface area contributed by atoms with Crippen molar-refractivity contribution in [3.05, 3.63) is 0 Å². The van der Waals surface area contributed by atoms with Crippen LogP contribution in [0, 0.1) is 0 Å². The molecule has 0 aliphatic carbocycles. The molecule has 0 amide bonds. The molecule has 0 fully saturated rings. The molecule has 0 atom stereocenters. The fourth-order valence-electron chi connectivity index (χ4n) is 4.21. The van der Waals surface area contributed by atoms with Crippen molar-refractivity contribution in [3.63, 3.8) is 0 Å². The Balaban J connectivity index is 4.35. The molecule has 0 bridgehead atoms. The van der Waals surface area contributed by atoms with Crippen LogP contribution in [0.25, 0.3) is 0 Å². The van der Waals surface area contributed by atoms with E-state index in [1.54, 1.807) is 0 Å². The highest BCUT2D eigenvalue weighted by Crippen LogP contribution is 2.32. The maximum Gasteiger partial charge on any atom is 0.0683 e. The molecular formula is C30H62OS12. The summed E-state index contributed by atoms with van der Waals surface area (Å²) in [5, 5.41) is 0. The normalized spacial score (nSPS) is 12.0. The quantitative estimate of drug-likeness (QED) is 0.0408. The van der Waals surface area contributed by atoms with E-state index in [2.05, 4.69) is 115 Å². The first-order valence-corrected chi connectivity index (χ1v) is 28.2. The number of hydrogen-bond acceptors (Lipinski definition) is 13. The zero-order valence-electron chi connectivity index (χ0n) is 26.7. The van der Waals surface area contributed by atoms with Crippen molar-refractivity contribution >= 4 is 144 Å². The third-order valence-corrected chi connectivity index (χ3v) is 18.4. The van der Waals surface area contributed by atoms with Gasteiger partial charge in [0.15, 0.2) is 0 Å². The number of rotatable bonds is 38. The summed E-state index contributed by atoms with van der Waals surface area (Å²) in [4.78, 5) is 0. The van der Waals surface area contributed by atoms with Crippen molar-refractivity contribution in [2.75, 3.05) is 127 Å². The van der Waals surface area contributed by atoms with Crippen LogP contribution >= 0.6 is 144 Å². The van der Waals surface area contributed by atoms with E-state index in [9.17, 15) is 0 Å². The first-order chi connectivity index (χ1) is 21.2. The largest absolute Gasteiger partial charge is 0.375 e. The van der Waals surface area contributed by atoms with Gasteiger partial charge < -0.3 is 4.74 Å². The minimum absolute atomic E-state index is 0.0906. The summed E-state index contributed by atoms with van der Waals surface area (Å²) in [7, 11) is 0. The van der Waals surface area contributed by atoms with E-state index in [-0.39, 0.29) is 5.60 Å². The van der Waals surface area contributed by atoms with Gasteiger partial charge in [-0.15, -0.1) is 0 Å². The summed E-state index contributed by atoms with van der Waals surface area (Å²) >= 11 is 31.8. The number of ether oxygens (including phenoxy) is 1. The topological polar surface area (TPSA) is 9.23 Å². The van der Waals surface area contributed by atoms with Crippen LogP contribution in [0.5, 0.6) is 0 Å². The Morgan fingerprint density at radius 2 is 0.605 bits per heavy atom. The predicted octanol–water partition coefficient (Wildman–Crippen LogP) is 10.5. The summed E-state index contributed by atoms with van der Waals surface area (Å²) in [5.41, 5.74) is 0.0906. The van der Waals surface area contributed by atoms with Crippen molar-refractivity contribution in [2.45, 2.75) is 51.0 Å². The van der Waals surface area contributed by atoms with Gasteiger partial charge in [-0.3, -0.25) is 0 Å². The summed E-state index contributed by atoms with van der Waals surface area (Å²) in [6.07, 6.45) is 7.56. The second kappa shape index (κ2) is 40.6. The highest BCUT2D eigenvalue weighted by Gasteiger charge is 2.29. The highest BCUT2D eigenvalue weighted by molar-refractivity contribution is 8.05. The van der Waals surface area contributed by atoms with Crippen LogP contribution in [0.2, 0.25) is 0 Å². The SMILES string of the molecule is CCOC(CCCSCCSCCSCCS)(CCCSCCSCCSCCS)CCCSCCSCCSCCS. The average Bonchev–Trinajstić information content (AvgIpc) is 3.01. The van der Waals surface area contributed by atoms with Gasteiger partial charge in [0.2, 0.25) is 0 Å². The number of thioether (sulfide) groups is 9. The van der Waals surface area contributed by atoms with Gasteiger partial charge in [-0.25, -0.2) is 0 Å². The van der Waals surface area contributed by atoms with Crippen LogP contribution in [0.4, 0.5) is 0 Å². The van der Waals surface area contributed by atoms with E-state index < -0.39 is 0 Å². The van der Waals surface area contributed by atoms with Gasteiger partial charge in [0.1, 0.15) is 0 Å². The number of thiol groups is 3. The van der Waals surface area contributed by atoms with Gasteiger partial charge >= 0.3 is 0 Å². The van der Waals surface area contributed by atoms with Gasteiger partial charge in [0.25, 0.3) is 0 Å². The zero-order chi connectivity index (χ0) is 31.4. The van der Waals surface area contributed by atoms with E-state index in [0.717, 1.165) is 23.9 Å². The minimum atomic E-state index is 0.0906. The van der Waals surface area contributed by atoms with Crippen molar-refractivity contribution in [1.82, 2.24) is 0 Å². The summed E-state index contributed by atoms with van der Waals surface area (Å²) in [5.74, 6) is 25.8. The Bertz CT molecular complexity index is 457. The minimum Gasteiger partial charge on any atom is -0.375 e. The van der Waals surface area contributed by atoms with Crippen LogP contribution in [0.15, 0.2) is 0 Å². The lowest BCUT2D eigenvalue weighted by atomic mass is 9.88. The van der Waals surface area contributed by atoms with Gasteiger partial charge in [-0.2, -0.15) is 144 Å². The maximum atomic E-state index is 6.64. The lowest BCUT2D eigenvalue weighted by Gasteiger charge is -2.34. The smallest absolute Gasteiger partial charge is 0.0683 e. The van der Waals surface area contributed by atoms with E-state index in [4.69, 9.17) is 4.74 Å². The zero-order valence-corrected chi connectivity index (χ0v) is 36.8. The van der Waals surface area contributed by atoms with Crippen LogP contribution in [-0.2, 0) is 4.74 Å². The lowest BCUT2D eigenvalue weighted by molar-refractivity contribution is -0.0585. The molecule has 43 heavy (non-hydrogen) atoms. The fraction of sp³-hybridized carbons (Fsp3) is 1.00. The molecule has 0 spiro atoms. The van der Waals surface area contributed by atoms with Gasteiger partial charge in [-0.1, -0.05) is 0 Å². The molecule has 0 aliphatic rings. The van der Waals surface area contributed by atoms with Crippen molar-refractivity contribution in [2.24, 2.45) is 0 Å². The summed E-state index contributed by atoms with van der Waals surface area (Å²) in [6.45, 7) is 3.05. The molecule has 1 nitrogen and oxygen atoms in total. The Morgan fingerprint density at radius 3 is 0.837 bits per heavy atom. The van der Waals surface area contributed by atoms with E-state index in [1.807, 2.05) is 35.3 Å². The molecule has 260 valence electrons. The Hall–Kier alpha value is 4.16. The third kappa shape index (κ3) is 35.8. The molecule has 0 rings (SSSR count). The van der Waals surface area contributed by atoms with E-state index in [0.29, 0.717) is 0 Å². The monoisotopic (exact) mass is 822 g/mol. The molecule has 13 heteroatoms. The number of hydrogen-bond donors (Lipinski definition) is 3. The lowest BCUT2D eigenvalue weighted by Crippen LogP contribution is -2.33. The molecule has 0 saturated carbocycles. The van der Waals surface area contributed by atoms with Crippen LogP contribution in [0.1, 0.15) is 45.4 Å². The van der Waals surface area contributed by atoms with Crippen LogP contribution in [-0.4, -0.2) is 133 Å². The van der Waals surface area contributed by atoms with Crippen molar-refractivity contribution in [1.29, 1.82) is 0 Å². The fourth-order valence-corrected chi connectivity index (χ4v) is 14.3. The van der Waals surface area contributed by atoms with Crippen LogP contribution < -0.4 is 0 Å². The molecule has 0 heterocycles. The van der Waals surface area contributed by atoms with Gasteiger partial charge in [0, 0.05) is 92.9 Å². The first-order valence-electron chi connectivity index (χ1n) is 15.9. The predicted molar refractivity (Wildman–Crippen MR) is 240 cm³/mol. The molecule has 0 N–H and O–H groups in total. The molecule has 0 aromatic heterocycles. The van der Waals surface area contributed by atoms with Crippen molar-refractivity contribution < 1.29 is 4.74 Å². The van der Waals surface area contributed by atoms with Crippen molar-refractivity contribution in [3.8, 4) is 0 Å². The molecule has 0 aromatic rings. The average molecular weight is 824 g/mol. The second-order valence-electron chi connectivity index (χ2n) is 9.61. The molecule has 0 saturated heterocycles. The Labute approximate surface area is 323 Å². The molecule has 0 radical (unpaired) electrons. The molecule has 0 unspecified atom stereocenters. The Morgan fingerprint density at radius 1 is 0.372 bits per heavy atom. The first kappa shape index (κ1) is 47.2. The third-order valence-electron chi connectivity index (χ3n) is 6.15. The molecule has 0 aromatic carbocycles. The van der Waals surface area contributed by atoms with Gasteiger partial charge in [0.05, 0.1) is 5.60 Å². The molecule has 0 aliphatic heterocycles. The standard InChI is InChI=1S/C30H62OS12/c1-2-31-30(6-3-12-35-18-24-41-27-21-38-15-9-32,7-4-13-36-19-25-42-28-22-39-16-10-33)8-5-14-37-20-26-43-29-23-40-17-11-34/h32-34H,2-29H2,1H3. The second-order valence-corrected chi connectivity index (χ2v) is 22.0. The van der Waals surface area contributed by atoms with Gasteiger partial charge in [-0.05, 0) is 80.0 Å². The van der Waals surface area contributed by atoms with Crippen LogP contribution in [0.3, 0.4) is 0 Å². The van der Waals surface area contributed by atoms with E-state index >= 15 is 0 Å². The summed E-state index contributed by atoms with van der Waals surface area (Å²) < 4.78 is 6.64.